The van der Waals surface area contributed by atoms with Gasteiger partial charge >= 0.3 is 11.6 Å². The molecule has 0 aliphatic carbocycles. The maximum absolute atomic E-state index is 11.9. The molecule has 3 aromatic carbocycles. The Bertz CT molecular complexity index is 1330. The van der Waals surface area contributed by atoms with Gasteiger partial charge in [-0.1, -0.05) is 54.6 Å². The second kappa shape index (κ2) is 7.68. The van der Waals surface area contributed by atoms with Crippen molar-refractivity contribution in [2.24, 2.45) is 0 Å². The largest absolute Gasteiger partial charge is 0.431 e. The first-order valence-electron chi connectivity index (χ1n) is 9.46. The zero-order valence-electron chi connectivity index (χ0n) is 16.1. The fourth-order valence-corrected chi connectivity index (χ4v) is 3.42. The smallest absolute Gasteiger partial charge is 0.373 e. The van der Waals surface area contributed by atoms with E-state index in [1.54, 1.807) is 18.3 Å². The average Bonchev–Trinajstić information content (AvgIpc) is 2.79. The lowest BCUT2D eigenvalue weighted by molar-refractivity contribution is -0.385. The summed E-state index contributed by atoms with van der Waals surface area (Å²) in [7, 11) is 0. The molecule has 31 heavy (non-hydrogen) atoms. The molecule has 5 rings (SSSR count). The third kappa shape index (κ3) is 3.46. The van der Waals surface area contributed by atoms with Crippen LogP contribution in [0.5, 0.6) is 11.6 Å². The van der Waals surface area contributed by atoms with Crippen molar-refractivity contribution in [2.75, 3.05) is 5.32 Å². The number of benzene rings is 3. The van der Waals surface area contributed by atoms with Crippen LogP contribution < -0.4 is 10.1 Å². The normalized spacial score (nSPS) is 10.8. The number of nitrogens with one attached hydrogen (secondary N) is 1. The molecule has 2 aromatic heterocycles. The molecule has 2 heterocycles. The van der Waals surface area contributed by atoms with Gasteiger partial charge in [-0.2, -0.15) is 4.98 Å². The first kappa shape index (κ1) is 18.4. The van der Waals surface area contributed by atoms with E-state index >= 15 is 0 Å². The SMILES string of the molecule is O=[N+]([O-])c1c(Nc2cccc3ccccc23)ncnc1Oc1cccc2cccnc12. The van der Waals surface area contributed by atoms with Gasteiger partial charge in [0.2, 0.25) is 5.82 Å². The van der Waals surface area contributed by atoms with E-state index in [1.807, 2.05) is 60.7 Å². The topological polar surface area (TPSA) is 103 Å². The van der Waals surface area contributed by atoms with Crippen LogP contribution in [0.2, 0.25) is 0 Å². The van der Waals surface area contributed by atoms with Gasteiger partial charge in [0.25, 0.3) is 0 Å². The van der Waals surface area contributed by atoms with Crippen LogP contribution in [-0.2, 0) is 0 Å². The minimum absolute atomic E-state index is 0.0412. The summed E-state index contributed by atoms with van der Waals surface area (Å²) in [6.45, 7) is 0. The lowest BCUT2D eigenvalue weighted by Gasteiger charge is -2.12. The van der Waals surface area contributed by atoms with Crippen LogP contribution in [0.3, 0.4) is 0 Å². The number of nitro groups is 1. The molecule has 0 aliphatic heterocycles. The zero-order valence-corrected chi connectivity index (χ0v) is 16.1. The van der Waals surface area contributed by atoms with Crippen LogP contribution in [0.15, 0.2) is 85.3 Å². The number of fused-ring (bicyclic) bond motifs is 2. The van der Waals surface area contributed by atoms with Gasteiger partial charge in [-0.05, 0) is 23.6 Å². The third-order valence-electron chi connectivity index (χ3n) is 4.82. The van der Waals surface area contributed by atoms with Gasteiger partial charge in [0.05, 0.1) is 4.92 Å². The molecule has 0 atom stereocenters. The van der Waals surface area contributed by atoms with Crippen molar-refractivity contribution >= 4 is 38.9 Å². The highest BCUT2D eigenvalue weighted by Crippen LogP contribution is 2.38. The minimum atomic E-state index is -0.554. The van der Waals surface area contributed by atoms with E-state index < -0.39 is 4.92 Å². The van der Waals surface area contributed by atoms with E-state index in [0.29, 0.717) is 17.0 Å². The Morgan fingerprint density at radius 1 is 0.839 bits per heavy atom. The summed E-state index contributed by atoms with van der Waals surface area (Å²) in [5, 5.41) is 17.8. The highest BCUT2D eigenvalue weighted by Gasteiger charge is 2.26. The Morgan fingerprint density at radius 3 is 2.52 bits per heavy atom. The maximum Gasteiger partial charge on any atom is 0.373 e. The quantitative estimate of drug-likeness (QED) is 0.297. The molecule has 0 amide bonds. The van der Waals surface area contributed by atoms with Gasteiger partial charge in [0.1, 0.15) is 11.8 Å². The molecule has 8 nitrogen and oxygen atoms in total. The Morgan fingerprint density at radius 2 is 1.61 bits per heavy atom. The van der Waals surface area contributed by atoms with Crippen molar-refractivity contribution in [3.8, 4) is 11.6 Å². The number of hydrogen-bond acceptors (Lipinski definition) is 7. The number of anilines is 2. The fourth-order valence-electron chi connectivity index (χ4n) is 3.42. The van der Waals surface area contributed by atoms with Crippen LogP contribution in [0, 0.1) is 10.1 Å². The van der Waals surface area contributed by atoms with Gasteiger partial charge in [-0.15, -0.1) is 0 Å². The molecule has 0 unspecified atom stereocenters. The van der Waals surface area contributed by atoms with Crippen LogP contribution in [0.4, 0.5) is 17.2 Å². The molecule has 0 spiro atoms. The van der Waals surface area contributed by atoms with E-state index in [0.717, 1.165) is 16.2 Å². The summed E-state index contributed by atoms with van der Waals surface area (Å²) in [6, 6.07) is 22.5. The van der Waals surface area contributed by atoms with Crippen molar-refractivity contribution in [3.05, 3.63) is 95.4 Å². The molecule has 0 saturated heterocycles. The van der Waals surface area contributed by atoms with Gasteiger partial charge in [0.15, 0.2) is 5.75 Å². The number of aromatic nitrogens is 3. The molecule has 8 heteroatoms. The monoisotopic (exact) mass is 409 g/mol. The third-order valence-corrected chi connectivity index (χ3v) is 4.82. The van der Waals surface area contributed by atoms with Gasteiger partial charge in [0, 0.05) is 22.7 Å². The van der Waals surface area contributed by atoms with E-state index in [2.05, 4.69) is 20.3 Å². The van der Waals surface area contributed by atoms with E-state index in [4.69, 9.17) is 4.74 Å². The number of ether oxygens (including phenoxy) is 1. The van der Waals surface area contributed by atoms with Crippen molar-refractivity contribution in [1.82, 2.24) is 15.0 Å². The van der Waals surface area contributed by atoms with E-state index in [9.17, 15) is 10.1 Å². The summed E-state index contributed by atoms with van der Waals surface area (Å²) >= 11 is 0. The van der Waals surface area contributed by atoms with Crippen LogP contribution in [0.1, 0.15) is 0 Å². The summed E-state index contributed by atoms with van der Waals surface area (Å²) in [4.78, 5) is 23.8. The summed E-state index contributed by atoms with van der Waals surface area (Å²) in [5.74, 6) is 0.247. The predicted octanol–water partition coefficient (Wildman–Crippen LogP) is 5.62. The minimum Gasteiger partial charge on any atom is -0.431 e. The lowest BCUT2D eigenvalue weighted by Crippen LogP contribution is -2.04. The average molecular weight is 409 g/mol. The second-order valence-electron chi connectivity index (χ2n) is 6.72. The fraction of sp³-hybridized carbons (Fsp3) is 0. The Balaban J connectivity index is 1.59. The van der Waals surface area contributed by atoms with Crippen molar-refractivity contribution in [2.45, 2.75) is 0 Å². The van der Waals surface area contributed by atoms with Crippen molar-refractivity contribution in [3.63, 3.8) is 0 Å². The molecule has 0 aliphatic rings. The molecule has 0 fully saturated rings. The first-order chi connectivity index (χ1) is 15.2. The number of pyridine rings is 1. The van der Waals surface area contributed by atoms with E-state index in [1.165, 1.54) is 6.33 Å². The number of para-hydroxylation sites is 1. The molecule has 5 aromatic rings. The first-order valence-corrected chi connectivity index (χ1v) is 9.46. The second-order valence-corrected chi connectivity index (χ2v) is 6.72. The maximum atomic E-state index is 11.9. The summed E-state index contributed by atoms with van der Waals surface area (Å²) in [6.07, 6.45) is 2.87. The number of hydrogen-bond donors (Lipinski definition) is 1. The van der Waals surface area contributed by atoms with Gasteiger partial charge in [-0.25, -0.2) is 4.98 Å². The van der Waals surface area contributed by atoms with Crippen LogP contribution in [-0.4, -0.2) is 19.9 Å². The summed E-state index contributed by atoms with van der Waals surface area (Å²) < 4.78 is 5.85. The molecule has 0 bridgehead atoms. The van der Waals surface area contributed by atoms with Crippen LogP contribution in [0.25, 0.3) is 21.7 Å². The molecule has 150 valence electrons. The zero-order chi connectivity index (χ0) is 21.2. The Kier molecular flexibility index (Phi) is 4.57. The standard InChI is InChI=1S/C23H15N5O3/c29-28(30)21-22(27-18-11-3-7-15-6-1-2-10-17(15)18)25-14-26-23(21)31-19-12-4-8-16-9-5-13-24-20(16)19/h1-14H,(H,25,26,27). The van der Waals surface area contributed by atoms with E-state index in [-0.39, 0.29) is 17.4 Å². The van der Waals surface area contributed by atoms with Crippen LogP contribution >= 0.6 is 0 Å². The van der Waals surface area contributed by atoms with Gasteiger partial charge in [-0.3, -0.25) is 15.1 Å². The highest BCUT2D eigenvalue weighted by atomic mass is 16.6. The molecule has 0 radical (unpaired) electrons. The lowest BCUT2D eigenvalue weighted by atomic mass is 10.1. The van der Waals surface area contributed by atoms with Crippen molar-refractivity contribution in [1.29, 1.82) is 0 Å². The Hall–Kier alpha value is -4.59. The predicted molar refractivity (Wildman–Crippen MR) is 118 cm³/mol. The molecule has 0 saturated carbocycles. The molecular weight excluding hydrogens is 394 g/mol. The highest BCUT2D eigenvalue weighted by molar-refractivity contribution is 5.95. The van der Waals surface area contributed by atoms with Crippen molar-refractivity contribution < 1.29 is 9.66 Å². The molecule has 1 N–H and O–H groups in total. The Labute approximate surface area is 176 Å². The van der Waals surface area contributed by atoms with Gasteiger partial charge < -0.3 is 10.1 Å². The number of nitrogens with zero attached hydrogens (tertiary/aromatic N) is 4. The summed E-state index contributed by atoms with van der Waals surface area (Å²) in [5.41, 5.74) is 0.919. The molecular formula is C23H15N5O3. The number of rotatable bonds is 5.